The maximum absolute atomic E-state index is 12.3. The summed E-state index contributed by atoms with van der Waals surface area (Å²) in [5, 5.41) is 5.98. The average molecular weight is 445 g/mol. The van der Waals surface area contributed by atoms with Crippen LogP contribution in [0.15, 0.2) is 24.3 Å². The molecule has 1 aromatic carbocycles. The molecule has 0 aromatic heterocycles. The number of rotatable bonds is 20. The van der Waals surface area contributed by atoms with Crippen molar-refractivity contribution >= 4 is 11.8 Å². The Morgan fingerprint density at radius 2 is 0.781 bits per heavy atom. The number of amides is 2. The molecule has 0 aliphatic heterocycles. The first-order valence-electron chi connectivity index (χ1n) is 13.4. The monoisotopic (exact) mass is 444 g/mol. The second kappa shape index (κ2) is 19.8. The summed E-state index contributed by atoms with van der Waals surface area (Å²) < 4.78 is 0. The van der Waals surface area contributed by atoms with Gasteiger partial charge in [0.15, 0.2) is 0 Å². The summed E-state index contributed by atoms with van der Waals surface area (Å²) in [7, 11) is 0. The second-order valence-electron chi connectivity index (χ2n) is 9.04. The van der Waals surface area contributed by atoms with Gasteiger partial charge in [0.2, 0.25) is 0 Å². The maximum atomic E-state index is 12.3. The molecule has 0 atom stereocenters. The lowest BCUT2D eigenvalue weighted by atomic mass is 10.1. The van der Waals surface area contributed by atoms with Crippen molar-refractivity contribution in [3.05, 3.63) is 35.4 Å². The van der Waals surface area contributed by atoms with Gasteiger partial charge in [-0.1, -0.05) is 104 Å². The van der Waals surface area contributed by atoms with E-state index in [9.17, 15) is 9.59 Å². The molecule has 1 aromatic rings. The normalized spacial score (nSPS) is 10.8. The van der Waals surface area contributed by atoms with Gasteiger partial charge in [-0.15, -0.1) is 0 Å². The molecule has 4 nitrogen and oxygen atoms in total. The summed E-state index contributed by atoms with van der Waals surface area (Å²) in [5.74, 6) is -0.113. The fourth-order valence-electron chi connectivity index (χ4n) is 3.90. The minimum absolute atomic E-state index is 0.0566. The lowest BCUT2D eigenvalue weighted by Crippen LogP contribution is -2.26. The third kappa shape index (κ3) is 14.3. The fraction of sp³-hybridized carbons (Fsp3) is 0.714. The number of benzene rings is 1. The van der Waals surface area contributed by atoms with Gasteiger partial charge in [0.05, 0.1) is 0 Å². The molecular formula is C28H48N2O2. The third-order valence-electron chi connectivity index (χ3n) is 6.04. The van der Waals surface area contributed by atoms with Gasteiger partial charge in [-0.25, -0.2) is 0 Å². The van der Waals surface area contributed by atoms with E-state index in [0.717, 1.165) is 12.8 Å². The van der Waals surface area contributed by atoms with Crippen LogP contribution < -0.4 is 10.6 Å². The molecule has 2 amide bonds. The Hall–Kier alpha value is -1.84. The number of carbonyl (C=O) groups is 2. The van der Waals surface area contributed by atoms with E-state index in [1.165, 1.54) is 89.9 Å². The Bertz CT molecular complexity index is 545. The molecule has 0 fully saturated rings. The van der Waals surface area contributed by atoms with E-state index in [4.69, 9.17) is 0 Å². The van der Waals surface area contributed by atoms with Crippen molar-refractivity contribution in [1.82, 2.24) is 10.6 Å². The Morgan fingerprint density at radius 3 is 1.09 bits per heavy atom. The number of hydrogen-bond donors (Lipinski definition) is 2. The second-order valence-corrected chi connectivity index (χ2v) is 9.04. The summed E-state index contributed by atoms with van der Waals surface area (Å²) in [6, 6.07) is 6.98. The predicted molar refractivity (Wildman–Crippen MR) is 136 cm³/mol. The first-order valence-corrected chi connectivity index (χ1v) is 13.4. The van der Waals surface area contributed by atoms with Crippen molar-refractivity contribution in [1.29, 1.82) is 0 Å². The van der Waals surface area contributed by atoms with Crippen molar-refractivity contribution < 1.29 is 9.59 Å². The largest absolute Gasteiger partial charge is 0.352 e. The van der Waals surface area contributed by atoms with Gasteiger partial charge in [0.25, 0.3) is 11.8 Å². The minimum atomic E-state index is -0.0566. The Balaban J connectivity index is 2.11. The van der Waals surface area contributed by atoms with Crippen LogP contribution in [-0.4, -0.2) is 24.9 Å². The highest BCUT2D eigenvalue weighted by Crippen LogP contribution is 2.10. The molecular weight excluding hydrogens is 396 g/mol. The van der Waals surface area contributed by atoms with E-state index in [1.807, 2.05) is 0 Å². The Labute approximate surface area is 197 Å². The molecule has 4 heteroatoms. The van der Waals surface area contributed by atoms with Gasteiger partial charge in [-0.2, -0.15) is 0 Å². The molecule has 0 heterocycles. The number of unbranched alkanes of at least 4 members (excludes halogenated alkanes) is 14. The third-order valence-corrected chi connectivity index (χ3v) is 6.04. The van der Waals surface area contributed by atoms with Crippen molar-refractivity contribution in [2.45, 2.75) is 117 Å². The van der Waals surface area contributed by atoms with Gasteiger partial charge in [0.1, 0.15) is 0 Å². The van der Waals surface area contributed by atoms with Crippen LogP contribution >= 0.6 is 0 Å². The van der Waals surface area contributed by atoms with Gasteiger partial charge < -0.3 is 10.6 Å². The number of nitrogens with one attached hydrogen (secondary N) is 2. The zero-order chi connectivity index (χ0) is 23.3. The van der Waals surface area contributed by atoms with Crippen molar-refractivity contribution in [3.63, 3.8) is 0 Å². The van der Waals surface area contributed by atoms with E-state index < -0.39 is 0 Å². The average Bonchev–Trinajstić information content (AvgIpc) is 2.81. The van der Waals surface area contributed by atoms with E-state index in [2.05, 4.69) is 24.5 Å². The Morgan fingerprint density at radius 1 is 0.500 bits per heavy atom. The Kier molecular flexibility index (Phi) is 17.5. The van der Waals surface area contributed by atoms with Gasteiger partial charge in [-0.05, 0) is 37.1 Å². The van der Waals surface area contributed by atoms with Crippen LogP contribution in [0.2, 0.25) is 0 Å². The number of hydrogen-bond acceptors (Lipinski definition) is 2. The molecule has 1 rings (SSSR count). The lowest BCUT2D eigenvalue weighted by molar-refractivity contribution is 0.0941. The van der Waals surface area contributed by atoms with Crippen molar-refractivity contribution in [2.24, 2.45) is 0 Å². The molecule has 0 saturated heterocycles. The molecule has 0 radical (unpaired) electrons. The lowest BCUT2D eigenvalue weighted by Gasteiger charge is -2.08. The number of carbonyl (C=O) groups excluding carboxylic acids is 2. The zero-order valence-corrected chi connectivity index (χ0v) is 20.9. The highest BCUT2D eigenvalue weighted by Gasteiger charge is 2.08. The highest BCUT2D eigenvalue weighted by atomic mass is 16.2. The van der Waals surface area contributed by atoms with Crippen molar-refractivity contribution in [3.8, 4) is 0 Å². The SMILES string of the molecule is CCCCCCCCCCNC(=O)c1ccc(C(=O)NCCCCCCCCCC)cc1. The summed E-state index contributed by atoms with van der Waals surface area (Å²) in [6.07, 6.45) is 20.1. The standard InChI is InChI=1S/C28H48N2O2/c1-3-5-7-9-11-13-15-17-23-29-27(31)25-19-21-26(22-20-25)28(32)30-24-18-16-14-12-10-8-6-4-2/h19-22H,3-18,23-24H2,1-2H3,(H,29,31)(H,30,32). The molecule has 0 aliphatic rings. The summed E-state index contributed by atoms with van der Waals surface area (Å²) in [5.41, 5.74) is 1.23. The molecule has 0 bridgehead atoms. The van der Waals surface area contributed by atoms with Crippen LogP contribution in [0, 0.1) is 0 Å². The van der Waals surface area contributed by atoms with E-state index in [0.29, 0.717) is 24.2 Å². The molecule has 0 unspecified atom stereocenters. The molecule has 182 valence electrons. The summed E-state index contributed by atoms with van der Waals surface area (Å²) in [6.45, 7) is 5.91. The molecule has 32 heavy (non-hydrogen) atoms. The molecule has 0 aliphatic carbocycles. The van der Waals surface area contributed by atoms with Gasteiger partial charge in [0, 0.05) is 24.2 Å². The zero-order valence-electron chi connectivity index (χ0n) is 20.9. The van der Waals surface area contributed by atoms with Crippen LogP contribution in [-0.2, 0) is 0 Å². The fourth-order valence-corrected chi connectivity index (χ4v) is 3.90. The van der Waals surface area contributed by atoms with Crippen LogP contribution in [0.5, 0.6) is 0 Å². The van der Waals surface area contributed by atoms with Crippen LogP contribution in [0.4, 0.5) is 0 Å². The van der Waals surface area contributed by atoms with Gasteiger partial charge in [-0.3, -0.25) is 9.59 Å². The van der Waals surface area contributed by atoms with Gasteiger partial charge >= 0.3 is 0 Å². The smallest absolute Gasteiger partial charge is 0.251 e. The maximum Gasteiger partial charge on any atom is 0.251 e. The molecule has 0 saturated carbocycles. The molecule has 0 spiro atoms. The van der Waals surface area contributed by atoms with Crippen LogP contribution in [0.3, 0.4) is 0 Å². The van der Waals surface area contributed by atoms with E-state index in [-0.39, 0.29) is 11.8 Å². The van der Waals surface area contributed by atoms with Crippen LogP contribution in [0.25, 0.3) is 0 Å². The first kappa shape index (κ1) is 28.2. The predicted octanol–water partition coefficient (Wildman–Crippen LogP) is 7.43. The van der Waals surface area contributed by atoms with E-state index in [1.54, 1.807) is 24.3 Å². The minimum Gasteiger partial charge on any atom is -0.352 e. The summed E-state index contributed by atoms with van der Waals surface area (Å²) >= 11 is 0. The van der Waals surface area contributed by atoms with Crippen molar-refractivity contribution in [2.75, 3.05) is 13.1 Å². The van der Waals surface area contributed by atoms with E-state index >= 15 is 0 Å². The van der Waals surface area contributed by atoms with Crippen LogP contribution in [0.1, 0.15) is 137 Å². The molecule has 2 N–H and O–H groups in total. The summed E-state index contributed by atoms with van der Waals surface area (Å²) in [4.78, 5) is 24.6. The first-order chi connectivity index (χ1) is 15.7. The quantitative estimate of drug-likeness (QED) is 0.205. The highest BCUT2D eigenvalue weighted by molar-refractivity contribution is 5.97. The topological polar surface area (TPSA) is 58.2 Å².